The van der Waals surface area contributed by atoms with E-state index in [0.717, 1.165) is 22.8 Å². The maximum atomic E-state index is 9.35. The van der Waals surface area contributed by atoms with Gasteiger partial charge in [-0.1, -0.05) is 42.8 Å². The van der Waals surface area contributed by atoms with Gasteiger partial charge in [0.25, 0.3) is 0 Å². The first-order valence-corrected chi connectivity index (χ1v) is 7.75. The summed E-state index contributed by atoms with van der Waals surface area (Å²) in [6, 6.07) is 14.7. The van der Waals surface area contributed by atoms with Crippen molar-refractivity contribution in [1.82, 2.24) is 4.57 Å². The van der Waals surface area contributed by atoms with E-state index in [-0.39, 0.29) is 0 Å². The number of nitriles is 1. The number of hydrogen-bond acceptors (Lipinski definition) is 3. The predicted molar refractivity (Wildman–Crippen MR) is 81.6 cm³/mol. The third-order valence-electron chi connectivity index (χ3n) is 3.78. The van der Waals surface area contributed by atoms with Crippen molar-refractivity contribution in [3.63, 3.8) is 0 Å². The van der Waals surface area contributed by atoms with Crippen LogP contribution in [0.2, 0.25) is 0 Å². The molecule has 1 heterocycles. The SMILES string of the molecule is N#Cc1cc(N)c(Sc2ccccc2)n1C1CCCC1. The largest absolute Gasteiger partial charge is 0.397 e. The van der Waals surface area contributed by atoms with E-state index < -0.39 is 0 Å². The molecule has 1 aromatic heterocycles. The van der Waals surface area contributed by atoms with Gasteiger partial charge < -0.3 is 10.3 Å². The van der Waals surface area contributed by atoms with Crippen molar-refractivity contribution in [2.24, 2.45) is 0 Å². The molecular formula is C16H17N3S. The molecule has 0 unspecified atom stereocenters. The first kappa shape index (κ1) is 13.1. The number of anilines is 1. The van der Waals surface area contributed by atoms with Gasteiger partial charge in [0.1, 0.15) is 16.8 Å². The third-order valence-corrected chi connectivity index (χ3v) is 4.91. The van der Waals surface area contributed by atoms with Crippen LogP contribution in [0.15, 0.2) is 46.3 Å². The minimum atomic E-state index is 0.424. The lowest BCUT2D eigenvalue weighted by atomic mass is 10.2. The molecule has 1 saturated carbocycles. The second-order valence-corrected chi connectivity index (χ2v) is 6.19. The van der Waals surface area contributed by atoms with Crippen LogP contribution in [0.4, 0.5) is 5.69 Å². The smallest absolute Gasteiger partial charge is 0.123 e. The molecule has 0 radical (unpaired) electrons. The number of nitrogens with two attached hydrogens (primary N) is 1. The van der Waals surface area contributed by atoms with Crippen molar-refractivity contribution in [2.45, 2.75) is 41.6 Å². The van der Waals surface area contributed by atoms with E-state index in [1.165, 1.54) is 12.8 Å². The highest BCUT2D eigenvalue weighted by Gasteiger charge is 2.24. The van der Waals surface area contributed by atoms with E-state index in [4.69, 9.17) is 5.73 Å². The summed E-state index contributed by atoms with van der Waals surface area (Å²) in [6.45, 7) is 0. The minimum absolute atomic E-state index is 0.424. The molecule has 0 saturated heterocycles. The fourth-order valence-corrected chi connectivity index (χ4v) is 3.89. The standard InChI is InChI=1S/C16H17N3S/c17-11-13-10-15(18)16(19(13)12-6-4-5-7-12)20-14-8-2-1-3-9-14/h1-3,8-10,12H,4-7,18H2. The molecule has 0 aliphatic heterocycles. The molecule has 1 aromatic carbocycles. The van der Waals surface area contributed by atoms with E-state index in [9.17, 15) is 5.26 Å². The van der Waals surface area contributed by atoms with Gasteiger partial charge in [-0.15, -0.1) is 0 Å². The molecule has 1 fully saturated rings. The molecule has 0 bridgehead atoms. The molecule has 3 nitrogen and oxygen atoms in total. The molecule has 20 heavy (non-hydrogen) atoms. The number of benzene rings is 1. The maximum Gasteiger partial charge on any atom is 0.123 e. The van der Waals surface area contributed by atoms with Crippen molar-refractivity contribution in [3.8, 4) is 6.07 Å². The molecule has 1 aliphatic rings. The fraction of sp³-hybridized carbons (Fsp3) is 0.312. The summed E-state index contributed by atoms with van der Waals surface area (Å²) in [4.78, 5) is 1.15. The number of nitrogen functional groups attached to an aromatic ring is 1. The molecule has 102 valence electrons. The first-order chi connectivity index (χ1) is 9.79. The highest BCUT2D eigenvalue weighted by atomic mass is 32.2. The highest BCUT2D eigenvalue weighted by molar-refractivity contribution is 7.99. The molecule has 2 N–H and O–H groups in total. The Morgan fingerprint density at radius 2 is 1.90 bits per heavy atom. The number of nitrogens with zero attached hydrogens (tertiary/aromatic N) is 2. The quantitative estimate of drug-likeness (QED) is 0.918. The summed E-state index contributed by atoms with van der Waals surface area (Å²) < 4.78 is 2.15. The molecule has 1 aliphatic carbocycles. The van der Waals surface area contributed by atoms with Crippen LogP contribution in [0, 0.1) is 11.3 Å². The van der Waals surface area contributed by atoms with Crippen LogP contribution >= 0.6 is 11.8 Å². The van der Waals surface area contributed by atoms with E-state index in [0.29, 0.717) is 17.4 Å². The van der Waals surface area contributed by atoms with E-state index in [1.807, 2.05) is 24.3 Å². The zero-order chi connectivity index (χ0) is 13.9. The average Bonchev–Trinajstić information content (AvgIpc) is 3.09. The Bertz CT molecular complexity index is 634. The van der Waals surface area contributed by atoms with Gasteiger partial charge in [0.15, 0.2) is 0 Å². The van der Waals surface area contributed by atoms with E-state index >= 15 is 0 Å². The maximum absolute atomic E-state index is 9.35. The van der Waals surface area contributed by atoms with E-state index in [1.54, 1.807) is 11.8 Å². The monoisotopic (exact) mass is 283 g/mol. The second-order valence-electron chi connectivity index (χ2n) is 5.13. The Morgan fingerprint density at radius 3 is 2.55 bits per heavy atom. The molecular weight excluding hydrogens is 266 g/mol. The lowest BCUT2D eigenvalue weighted by molar-refractivity contribution is 0.485. The van der Waals surface area contributed by atoms with Crippen molar-refractivity contribution in [3.05, 3.63) is 42.1 Å². The second kappa shape index (κ2) is 5.64. The van der Waals surface area contributed by atoms with Gasteiger partial charge in [-0.25, -0.2) is 0 Å². The molecule has 0 amide bonds. The fourth-order valence-electron chi connectivity index (χ4n) is 2.85. The van der Waals surface area contributed by atoms with Gasteiger partial charge in [0, 0.05) is 10.9 Å². The summed E-state index contributed by atoms with van der Waals surface area (Å²) >= 11 is 1.65. The molecule has 0 atom stereocenters. The Balaban J connectivity index is 2.01. The van der Waals surface area contributed by atoms with Crippen LogP contribution in [0.3, 0.4) is 0 Å². The van der Waals surface area contributed by atoms with Crippen LogP contribution in [0.25, 0.3) is 0 Å². The van der Waals surface area contributed by atoms with Crippen molar-refractivity contribution in [1.29, 1.82) is 5.26 Å². The normalized spacial score (nSPS) is 15.3. The number of aromatic nitrogens is 1. The molecule has 2 aromatic rings. The van der Waals surface area contributed by atoms with Crippen LogP contribution in [-0.4, -0.2) is 4.57 Å². The zero-order valence-electron chi connectivity index (χ0n) is 11.2. The highest BCUT2D eigenvalue weighted by Crippen LogP contribution is 2.40. The number of rotatable bonds is 3. The molecule has 3 rings (SSSR count). The Hall–Kier alpha value is -1.86. The van der Waals surface area contributed by atoms with Gasteiger partial charge >= 0.3 is 0 Å². The average molecular weight is 283 g/mol. The predicted octanol–water partition coefficient (Wildman–Crippen LogP) is 4.21. The Labute approximate surface area is 123 Å². The molecule has 4 heteroatoms. The summed E-state index contributed by atoms with van der Waals surface area (Å²) in [7, 11) is 0. The van der Waals surface area contributed by atoms with Gasteiger partial charge in [-0.3, -0.25) is 0 Å². The van der Waals surface area contributed by atoms with Crippen molar-refractivity contribution < 1.29 is 0 Å². The molecule has 0 spiro atoms. The van der Waals surface area contributed by atoms with Crippen LogP contribution in [0.5, 0.6) is 0 Å². The summed E-state index contributed by atoms with van der Waals surface area (Å²) in [6.07, 6.45) is 4.77. The minimum Gasteiger partial charge on any atom is -0.397 e. The Kier molecular flexibility index (Phi) is 3.70. The van der Waals surface area contributed by atoms with Gasteiger partial charge in [0.2, 0.25) is 0 Å². The van der Waals surface area contributed by atoms with E-state index in [2.05, 4.69) is 22.8 Å². The topological polar surface area (TPSA) is 54.7 Å². The van der Waals surface area contributed by atoms with Crippen molar-refractivity contribution >= 4 is 17.4 Å². The van der Waals surface area contributed by atoms with Gasteiger partial charge in [-0.05, 0) is 31.0 Å². The van der Waals surface area contributed by atoms with Crippen LogP contribution in [0.1, 0.15) is 37.4 Å². The summed E-state index contributed by atoms with van der Waals surface area (Å²) in [5.41, 5.74) is 7.54. The van der Waals surface area contributed by atoms with Crippen molar-refractivity contribution in [2.75, 3.05) is 5.73 Å². The van der Waals surface area contributed by atoms with Gasteiger partial charge in [-0.2, -0.15) is 5.26 Å². The van der Waals surface area contributed by atoms with Crippen LogP contribution in [-0.2, 0) is 0 Å². The van der Waals surface area contributed by atoms with Crippen LogP contribution < -0.4 is 5.73 Å². The zero-order valence-corrected chi connectivity index (χ0v) is 12.1. The summed E-state index contributed by atoms with van der Waals surface area (Å²) in [5.74, 6) is 0. The lowest BCUT2D eigenvalue weighted by Crippen LogP contribution is -2.08. The van der Waals surface area contributed by atoms with Gasteiger partial charge in [0.05, 0.1) is 5.69 Å². The summed E-state index contributed by atoms with van der Waals surface area (Å²) in [5, 5.41) is 10.4. The number of hydrogen-bond donors (Lipinski definition) is 1. The lowest BCUT2D eigenvalue weighted by Gasteiger charge is -2.17. The third kappa shape index (κ3) is 2.41. The Morgan fingerprint density at radius 1 is 1.20 bits per heavy atom. The first-order valence-electron chi connectivity index (χ1n) is 6.93.